The Bertz CT molecular complexity index is 1210. The van der Waals surface area contributed by atoms with Crippen LogP contribution in [0.2, 0.25) is 0 Å². The molecule has 0 aliphatic heterocycles. The Balaban J connectivity index is 1.91. The fourth-order valence-corrected chi connectivity index (χ4v) is 2.88. The van der Waals surface area contributed by atoms with Gasteiger partial charge in [0.15, 0.2) is 17.2 Å². The van der Waals surface area contributed by atoms with E-state index in [2.05, 4.69) is 25.0 Å². The molecule has 120 valence electrons. The van der Waals surface area contributed by atoms with Crippen LogP contribution in [0.3, 0.4) is 0 Å². The number of pyridine rings is 2. The van der Waals surface area contributed by atoms with Gasteiger partial charge in [-0.1, -0.05) is 0 Å². The minimum absolute atomic E-state index is 0.306. The summed E-state index contributed by atoms with van der Waals surface area (Å²) in [6, 6.07) is 7.46. The van der Waals surface area contributed by atoms with Crippen molar-refractivity contribution in [3.63, 3.8) is 0 Å². The maximum absolute atomic E-state index is 6.10. The molecule has 0 aromatic carbocycles. The Morgan fingerprint density at radius 1 is 1.00 bits per heavy atom. The highest BCUT2D eigenvalue weighted by molar-refractivity contribution is 6.02. The third-order valence-electron chi connectivity index (χ3n) is 3.96. The summed E-state index contributed by atoms with van der Waals surface area (Å²) in [6.45, 7) is 0. The van der Waals surface area contributed by atoms with Gasteiger partial charge in [-0.25, -0.2) is 19.5 Å². The van der Waals surface area contributed by atoms with Crippen LogP contribution >= 0.6 is 0 Å². The van der Waals surface area contributed by atoms with Crippen molar-refractivity contribution in [2.24, 2.45) is 0 Å². The SMILES string of the molecule is Nc1nc(-c2ccco2)c(-c2ccc3ncnn3c2)c2nccnc12. The molecule has 8 nitrogen and oxygen atoms in total. The second-order valence-electron chi connectivity index (χ2n) is 5.43. The van der Waals surface area contributed by atoms with Crippen LogP contribution in [0, 0.1) is 0 Å². The molecule has 5 aromatic rings. The van der Waals surface area contributed by atoms with E-state index in [1.165, 1.54) is 6.33 Å². The highest BCUT2D eigenvalue weighted by atomic mass is 16.3. The number of hydrogen-bond donors (Lipinski definition) is 1. The fraction of sp³-hybridized carbons (Fsp3) is 0. The van der Waals surface area contributed by atoms with Crippen LogP contribution in [0.1, 0.15) is 0 Å². The number of nitrogens with two attached hydrogens (primary N) is 1. The van der Waals surface area contributed by atoms with Gasteiger partial charge >= 0.3 is 0 Å². The van der Waals surface area contributed by atoms with Gasteiger partial charge in [0.2, 0.25) is 0 Å². The van der Waals surface area contributed by atoms with Crippen LogP contribution in [0.25, 0.3) is 39.3 Å². The average molecular weight is 329 g/mol. The molecule has 8 heteroatoms. The molecular weight excluding hydrogens is 318 g/mol. The van der Waals surface area contributed by atoms with Gasteiger partial charge in [0.25, 0.3) is 0 Å². The molecule has 0 fully saturated rings. The first-order valence-corrected chi connectivity index (χ1v) is 7.55. The largest absolute Gasteiger partial charge is 0.463 e. The third-order valence-corrected chi connectivity index (χ3v) is 3.96. The zero-order chi connectivity index (χ0) is 16.8. The van der Waals surface area contributed by atoms with E-state index in [0.29, 0.717) is 28.3 Å². The quantitative estimate of drug-likeness (QED) is 0.530. The van der Waals surface area contributed by atoms with Gasteiger partial charge < -0.3 is 10.2 Å². The summed E-state index contributed by atoms with van der Waals surface area (Å²) in [6.07, 6.45) is 8.20. The van der Waals surface area contributed by atoms with Crippen molar-refractivity contribution >= 4 is 22.5 Å². The Hall–Kier alpha value is -3.81. The second kappa shape index (κ2) is 5.10. The lowest BCUT2D eigenvalue weighted by Gasteiger charge is -2.12. The summed E-state index contributed by atoms with van der Waals surface area (Å²) in [7, 11) is 0. The molecular formula is C17H11N7O. The standard InChI is InChI=1S/C17H11N7O/c18-17-16-15(19-5-6-20-16)13(14(23-17)11-2-1-7-25-11)10-3-4-12-21-9-22-24(12)8-10/h1-9H,(H2,18,23). The molecule has 0 aliphatic carbocycles. The van der Waals surface area contributed by atoms with E-state index >= 15 is 0 Å². The number of nitrogen functional groups attached to an aromatic ring is 1. The molecule has 0 radical (unpaired) electrons. The van der Waals surface area contributed by atoms with Crippen LogP contribution in [0.5, 0.6) is 0 Å². The van der Waals surface area contributed by atoms with E-state index < -0.39 is 0 Å². The zero-order valence-corrected chi connectivity index (χ0v) is 12.9. The summed E-state index contributed by atoms with van der Waals surface area (Å²) >= 11 is 0. The Morgan fingerprint density at radius 2 is 1.88 bits per heavy atom. The van der Waals surface area contributed by atoms with Crippen LogP contribution in [0.4, 0.5) is 5.82 Å². The third kappa shape index (κ3) is 2.04. The van der Waals surface area contributed by atoms with Crippen molar-refractivity contribution < 1.29 is 4.42 Å². The first-order chi connectivity index (χ1) is 12.3. The molecule has 0 saturated carbocycles. The predicted octanol–water partition coefficient (Wildman–Crippen LogP) is 2.58. The summed E-state index contributed by atoms with van der Waals surface area (Å²) in [4.78, 5) is 17.5. The number of fused-ring (bicyclic) bond motifs is 2. The summed E-state index contributed by atoms with van der Waals surface area (Å²) in [5, 5.41) is 4.20. The minimum Gasteiger partial charge on any atom is -0.463 e. The lowest BCUT2D eigenvalue weighted by Crippen LogP contribution is -2.01. The zero-order valence-electron chi connectivity index (χ0n) is 12.9. The van der Waals surface area contributed by atoms with Gasteiger partial charge in [0, 0.05) is 29.7 Å². The van der Waals surface area contributed by atoms with Gasteiger partial charge in [-0.15, -0.1) is 0 Å². The average Bonchev–Trinajstić information content (AvgIpc) is 3.33. The van der Waals surface area contributed by atoms with Gasteiger partial charge in [0.1, 0.15) is 23.1 Å². The van der Waals surface area contributed by atoms with Gasteiger partial charge in [0.05, 0.1) is 6.26 Å². The molecule has 0 amide bonds. The van der Waals surface area contributed by atoms with Crippen molar-refractivity contribution in [2.75, 3.05) is 5.73 Å². The van der Waals surface area contributed by atoms with Crippen molar-refractivity contribution in [1.82, 2.24) is 29.5 Å². The Kier molecular flexibility index (Phi) is 2.78. The normalized spacial score (nSPS) is 11.4. The summed E-state index contributed by atoms with van der Waals surface area (Å²) < 4.78 is 7.25. The van der Waals surface area contributed by atoms with Crippen LogP contribution in [-0.2, 0) is 0 Å². The lowest BCUT2D eigenvalue weighted by molar-refractivity contribution is 0.580. The molecule has 2 N–H and O–H groups in total. The topological polar surface area (TPSA) is 108 Å². The van der Waals surface area contributed by atoms with E-state index in [1.807, 2.05) is 24.4 Å². The van der Waals surface area contributed by atoms with Gasteiger partial charge in [-0.2, -0.15) is 5.10 Å². The maximum Gasteiger partial charge on any atom is 0.155 e. The van der Waals surface area contributed by atoms with E-state index in [9.17, 15) is 0 Å². The Morgan fingerprint density at radius 3 is 2.72 bits per heavy atom. The van der Waals surface area contributed by atoms with Crippen LogP contribution in [-0.4, -0.2) is 29.5 Å². The highest BCUT2D eigenvalue weighted by Gasteiger charge is 2.19. The minimum atomic E-state index is 0.306. The summed E-state index contributed by atoms with van der Waals surface area (Å²) in [5.41, 5.74) is 10.3. The predicted molar refractivity (Wildman–Crippen MR) is 91.4 cm³/mol. The first-order valence-electron chi connectivity index (χ1n) is 7.55. The number of anilines is 1. The molecule has 0 aliphatic rings. The fourth-order valence-electron chi connectivity index (χ4n) is 2.88. The molecule has 0 atom stereocenters. The van der Waals surface area contributed by atoms with Crippen LogP contribution in [0.15, 0.2) is 59.9 Å². The van der Waals surface area contributed by atoms with Crippen LogP contribution < -0.4 is 5.73 Å². The number of furan rings is 1. The van der Waals surface area contributed by atoms with Gasteiger partial charge in [-0.05, 0) is 24.3 Å². The molecule has 0 bridgehead atoms. The molecule has 5 heterocycles. The van der Waals surface area contributed by atoms with Crippen molar-refractivity contribution in [3.8, 4) is 22.6 Å². The van der Waals surface area contributed by atoms with Gasteiger partial charge in [-0.3, -0.25) is 4.98 Å². The smallest absolute Gasteiger partial charge is 0.155 e. The number of hydrogen-bond acceptors (Lipinski definition) is 7. The maximum atomic E-state index is 6.10. The highest BCUT2D eigenvalue weighted by Crippen LogP contribution is 2.37. The van der Waals surface area contributed by atoms with Crippen molar-refractivity contribution in [2.45, 2.75) is 0 Å². The number of rotatable bonds is 2. The van der Waals surface area contributed by atoms with Crippen molar-refractivity contribution in [3.05, 3.63) is 55.4 Å². The first kappa shape index (κ1) is 13.6. The lowest BCUT2D eigenvalue weighted by atomic mass is 10.0. The molecule has 5 aromatic heterocycles. The Labute approximate surface area is 141 Å². The number of nitrogens with zero attached hydrogens (tertiary/aromatic N) is 6. The molecule has 5 rings (SSSR count). The molecule has 25 heavy (non-hydrogen) atoms. The van der Waals surface area contributed by atoms with E-state index in [0.717, 1.165) is 16.8 Å². The number of aromatic nitrogens is 6. The monoisotopic (exact) mass is 329 g/mol. The second-order valence-corrected chi connectivity index (χ2v) is 5.43. The van der Waals surface area contributed by atoms with E-state index in [4.69, 9.17) is 10.2 Å². The van der Waals surface area contributed by atoms with Crippen molar-refractivity contribution in [1.29, 1.82) is 0 Å². The molecule has 0 unspecified atom stereocenters. The molecule has 0 saturated heterocycles. The van der Waals surface area contributed by atoms with E-state index in [1.54, 1.807) is 29.2 Å². The summed E-state index contributed by atoms with van der Waals surface area (Å²) in [5.74, 6) is 0.910. The molecule has 0 spiro atoms. The van der Waals surface area contributed by atoms with E-state index in [-0.39, 0.29) is 0 Å².